The predicted octanol–water partition coefficient (Wildman–Crippen LogP) is 3.03. The molecular weight excluding hydrogens is 260 g/mol. The summed E-state index contributed by atoms with van der Waals surface area (Å²) < 4.78 is 0. The molecular formula is C18H36N2O. The normalized spacial score (nSPS) is 33.4. The van der Waals surface area contributed by atoms with Crippen molar-refractivity contribution >= 4 is 0 Å². The molecule has 21 heavy (non-hydrogen) atoms. The molecule has 0 amide bonds. The van der Waals surface area contributed by atoms with Gasteiger partial charge in [0.1, 0.15) is 0 Å². The van der Waals surface area contributed by atoms with Crippen LogP contribution in [0.15, 0.2) is 0 Å². The van der Waals surface area contributed by atoms with Gasteiger partial charge in [-0.2, -0.15) is 0 Å². The van der Waals surface area contributed by atoms with Crippen molar-refractivity contribution in [1.29, 1.82) is 0 Å². The number of hydrogen-bond donors (Lipinski definition) is 2. The number of likely N-dealkylation sites (tertiary alicyclic amines) is 1. The van der Waals surface area contributed by atoms with E-state index in [4.69, 9.17) is 0 Å². The Bertz CT molecular complexity index is 318. The van der Waals surface area contributed by atoms with E-state index in [1.807, 2.05) is 0 Å². The Kier molecular flexibility index (Phi) is 6.10. The maximum Gasteiger partial charge on any atom is 0.0616 e. The van der Waals surface area contributed by atoms with Gasteiger partial charge in [0.05, 0.1) is 6.61 Å². The van der Waals surface area contributed by atoms with Crippen LogP contribution in [0.1, 0.15) is 65.7 Å². The molecule has 0 aromatic carbocycles. The molecule has 1 saturated heterocycles. The van der Waals surface area contributed by atoms with E-state index < -0.39 is 0 Å². The zero-order valence-corrected chi connectivity index (χ0v) is 14.5. The summed E-state index contributed by atoms with van der Waals surface area (Å²) >= 11 is 0. The van der Waals surface area contributed by atoms with Gasteiger partial charge in [-0.05, 0) is 69.5 Å². The molecule has 2 N–H and O–H groups in total. The molecule has 1 aliphatic carbocycles. The van der Waals surface area contributed by atoms with Gasteiger partial charge in [0.25, 0.3) is 0 Å². The maximum atomic E-state index is 9.96. The van der Waals surface area contributed by atoms with Crippen LogP contribution < -0.4 is 5.32 Å². The third kappa shape index (κ3) is 4.43. The van der Waals surface area contributed by atoms with Crippen molar-refractivity contribution < 1.29 is 5.11 Å². The summed E-state index contributed by atoms with van der Waals surface area (Å²) in [7, 11) is 0. The standard InChI is InChI=1S/C18H36N2O/c1-4-11-19-18(15-21)10-5-7-16(18)8-13-20-12-6-9-17(2,3)14-20/h16,19,21H,4-15H2,1-3H3. The lowest BCUT2D eigenvalue weighted by molar-refractivity contribution is 0.0862. The summed E-state index contributed by atoms with van der Waals surface area (Å²) in [4.78, 5) is 2.66. The van der Waals surface area contributed by atoms with Crippen molar-refractivity contribution in [1.82, 2.24) is 10.2 Å². The Labute approximate surface area is 131 Å². The quantitative estimate of drug-likeness (QED) is 0.758. The molecule has 0 aromatic rings. The first-order chi connectivity index (χ1) is 10.0. The highest BCUT2D eigenvalue weighted by Crippen LogP contribution is 2.38. The molecule has 0 aromatic heterocycles. The van der Waals surface area contributed by atoms with E-state index in [1.54, 1.807) is 0 Å². The third-order valence-corrected chi connectivity index (χ3v) is 5.74. The van der Waals surface area contributed by atoms with E-state index in [-0.39, 0.29) is 5.54 Å². The van der Waals surface area contributed by atoms with Crippen LogP contribution in [0.25, 0.3) is 0 Å². The molecule has 1 saturated carbocycles. The average Bonchev–Trinajstić information content (AvgIpc) is 2.85. The summed E-state index contributed by atoms with van der Waals surface area (Å²) in [6, 6.07) is 0. The van der Waals surface area contributed by atoms with E-state index in [2.05, 4.69) is 31.0 Å². The number of rotatable bonds is 7. The van der Waals surface area contributed by atoms with Gasteiger partial charge in [0, 0.05) is 12.1 Å². The van der Waals surface area contributed by atoms with Crippen molar-refractivity contribution in [3.63, 3.8) is 0 Å². The Morgan fingerprint density at radius 2 is 2.05 bits per heavy atom. The molecule has 2 rings (SSSR count). The molecule has 3 heteroatoms. The predicted molar refractivity (Wildman–Crippen MR) is 89.5 cm³/mol. The number of piperidine rings is 1. The van der Waals surface area contributed by atoms with Crippen molar-refractivity contribution in [2.24, 2.45) is 11.3 Å². The largest absolute Gasteiger partial charge is 0.394 e. The number of hydrogen-bond acceptors (Lipinski definition) is 3. The number of nitrogens with zero attached hydrogens (tertiary/aromatic N) is 1. The van der Waals surface area contributed by atoms with E-state index in [0.29, 0.717) is 17.9 Å². The van der Waals surface area contributed by atoms with Crippen LogP contribution in [0.2, 0.25) is 0 Å². The monoisotopic (exact) mass is 296 g/mol. The fraction of sp³-hybridized carbons (Fsp3) is 1.00. The number of aliphatic hydroxyl groups is 1. The maximum absolute atomic E-state index is 9.96. The lowest BCUT2D eigenvalue weighted by Gasteiger charge is -2.40. The molecule has 2 fully saturated rings. The second-order valence-corrected chi connectivity index (χ2v) is 8.16. The highest BCUT2D eigenvalue weighted by Gasteiger charge is 2.41. The van der Waals surface area contributed by atoms with Gasteiger partial charge >= 0.3 is 0 Å². The molecule has 1 aliphatic heterocycles. The van der Waals surface area contributed by atoms with Crippen LogP contribution in [-0.4, -0.2) is 48.3 Å². The first kappa shape index (κ1) is 17.2. The fourth-order valence-electron chi connectivity index (χ4n) is 4.51. The lowest BCUT2D eigenvalue weighted by Crippen LogP contribution is -2.52. The Hall–Kier alpha value is -0.120. The van der Waals surface area contributed by atoms with Gasteiger partial charge in [-0.15, -0.1) is 0 Å². The molecule has 2 atom stereocenters. The Morgan fingerprint density at radius 1 is 1.24 bits per heavy atom. The van der Waals surface area contributed by atoms with Crippen LogP contribution in [0.5, 0.6) is 0 Å². The molecule has 1 heterocycles. The zero-order valence-electron chi connectivity index (χ0n) is 14.5. The van der Waals surface area contributed by atoms with Crippen LogP contribution >= 0.6 is 0 Å². The molecule has 0 spiro atoms. The smallest absolute Gasteiger partial charge is 0.0616 e. The van der Waals surface area contributed by atoms with Gasteiger partial charge in [-0.1, -0.05) is 27.2 Å². The van der Waals surface area contributed by atoms with E-state index >= 15 is 0 Å². The summed E-state index contributed by atoms with van der Waals surface area (Å²) in [5.41, 5.74) is 0.504. The molecule has 3 nitrogen and oxygen atoms in total. The van der Waals surface area contributed by atoms with E-state index in [0.717, 1.165) is 19.4 Å². The number of aliphatic hydroxyl groups excluding tert-OH is 1. The summed E-state index contributed by atoms with van der Waals surface area (Å²) in [5, 5.41) is 13.6. The fourth-order valence-corrected chi connectivity index (χ4v) is 4.51. The van der Waals surface area contributed by atoms with Crippen LogP contribution in [0.4, 0.5) is 0 Å². The molecule has 0 bridgehead atoms. The van der Waals surface area contributed by atoms with Crippen LogP contribution in [0, 0.1) is 11.3 Å². The van der Waals surface area contributed by atoms with Gasteiger partial charge < -0.3 is 15.3 Å². The van der Waals surface area contributed by atoms with E-state index in [9.17, 15) is 5.11 Å². The van der Waals surface area contributed by atoms with Crippen molar-refractivity contribution in [3.8, 4) is 0 Å². The van der Waals surface area contributed by atoms with Crippen molar-refractivity contribution in [2.45, 2.75) is 71.3 Å². The first-order valence-corrected chi connectivity index (χ1v) is 9.09. The molecule has 0 radical (unpaired) electrons. The zero-order chi connectivity index (χ0) is 15.3. The first-order valence-electron chi connectivity index (χ1n) is 9.09. The van der Waals surface area contributed by atoms with Gasteiger partial charge in [0.2, 0.25) is 0 Å². The second-order valence-electron chi connectivity index (χ2n) is 8.16. The molecule has 124 valence electrons. The number of nitrogens with one attached hydrogen (secondary N) is 1. The lowest BCUT2D eigenvalue weighted by atomic mass is 9.82. The van der Waals surface area contributed by atoms with Gasteiger partial charge in [-0.3, -0.25) is 0 Å². The van der Waals surface area contributed by atoms with Crippen LogP contribution in [0.3, 0.4) is 0 Å². The summed E-state index contributed by atoms with van der Waals surface area (Å²) in [6.45, 7) is 12.1. The molecule has 2 unspecified atom stereocenters. The molecule has 2 aliphatic rings. The Balaban J connectivity index is 1.86. The average molecular weight is 296 g/mol. The van der Waals surface area contributed by atoms with Crippen molar-refractivity contribution in [2.75, 3.05) is 32.8 Å². The third-order valence-electron chi connectivity index (χ3n) is 5.74. The minimum absolute atomic E-state index is 0.0152. The highest BCUT2D eigenvalue weighted by molar-refractivity contribution is 4.99. The topological polar surface area (TPSA) is 35.5 Å². The highest BCUT2D eigenvalue weighted by atomic mass is 16.3. The minimum atomic E-state index is 0.0152. The van der Waals surface area contributed by atoms with E-state index in [1.165, 1.54) is 51.7 Å². The Morgan fingerprint density at radius 3 is 2.71 bits per heavy atom. The van der Waals surface area contributed by atoms with Crippen molar-refractivity contribution in [3.05, 3.63) is 0 Å². The summed E-state index contributed by atoms with van der Waals surface area (Å²) in [5.74, 6) is 0.652. The SMILES string of the molecule is CCCNC1(CO)CCCC1CCN1CCCC(C)(C)C1. The summed E-state index contributed by atoms with van der Waals surface area (Å²) in [6.07, 6.45) is 8.81. The van der Waals surface area contributed by atoms with Gasteiger partial charge in [-0.25, -0.2) is 0 Å². The van der Waals surface area contributed by atoms with Gasteiger partial charge in [0.15, 0.2) is 0 Å². The second kappa shape index (κ2) is 7.43. The van der Waals surface area contributed by atoms with Crippen LogP contribution in [-0.2, 0) is 0 Å². The minimum Gasteiger partial charge on any atom is -0.394 e.